The highest BCUT2D eigenvalue weighted by Gasteiger charge is 2.26. The summed E-state index contributed by atoms with van der Waals surface area (Å²) in [5, 5.41) is 16.1. The van der Waals surface area contributed by atoms with Gasteiger partial charge in [-0.3, -0.25) is 9.48 Å². The Balaban J connectivity index is 1.62. The van der Waals surface area contributed by atoms with Gasteiger partial charge in [0.15, 0.2) is 5.82 Å². The Morgan fingerprint density at radius 2 is 2.00 bits per heavy atom. The largest absolute Gasteiger partial charge is 0.490 e. The number of aromatic nitrogens is 4. The van der Waals surface area contributed by atoms with Gasteiger partial charge in [0.1, 0.15) is 11.4 Å². The first-order chi connectivity index (χ1) is 14.8. The number of hydrogen-bond acceptors (Lipinski definition) is 5. The van der Waals surface area contributed by atoms with Crippen LogP contribution < -0.4 is 10.1 Å². The van der Waals surface area contributed by atoms with Gasteiger partial charge in [-0.05, 0) is 26.7 Å². The van der Waals surface area contributed by atoms with Crippen LogP contribution in [0.5, 0.6) is 5.75 Å². The van der Waals surface area contributed by atoms with E-state index in [9.17, 15) is 9.59 Å². The minimum Gasteiger partial charge on any atom is -0.490 e. The summed E-state index contributed by atoms with van der Waals surface area (Å²) in [7, 11) is 1.78. The molecule has 3 aromatic heterocycles. The monoisotopic (exact) mass is 426 g/mol. The molecule has 0 unspecified atom stereocenters. The predicted molar refractivity (Wildman–Crippen MR) is 114 cm³/mol. The van der Waals surface area contributed by atoms with Crippen LogP contribution >= 0.6 is 0 Å². The maximum Gasteiger partial charge on any atom is 0.407 e. The minimum atomic E-state index is -0.882. The summed E-state index contributed by atoms with van der Waals surface area (Å²) >= 11 is 0. The van der Waals surface area contributed by atoms with Crippen molar-refractivity contribution in [2.75, 3.05) is 18.4 Å². The van der Waals surface area contributed by atoms with E-state index in [0.717, 1.165) is 18.5 Å². The molecule has 4 heterocycles. The van der Waals surface area contributed by atoms with E-state index in [1.807, 2.05) is 24.4 Å². The van der Waals surface area contributed by atoms with Crippen molar-refractivity contribution in [3.8, 4) is 5.75 Å². The zero-order valence-electron chi connectivity index (χ0n) is 17.8. The molecule has 0 spiro atoms. The number of anilines is 1. The van der Waals surface area contributed by atoms with Gasteiger partial charge in [-0.1, -0.05) is 0 Å². The number of ether oxygens (including phenoxy) is 1. The first kappa shape index (κ1) is 20.7. The number of nitrogens with one attached hydrogen (secondary N) is 1. The summed E-state index contributed by atoms with van der Waals surface area (Å²) in [6.07, 6.45) is 5.83. The zero-order valence-corrected chi connectivity index (χ0v) is 17.8. The Kier molecular flexibility index (Phi) is 5.53. The van der Waals surface area contributed by atoms with Crippen molar-refractivity contribution < 1.29 is 19.4 Å². The first-order valence-corrected chi connectivity index (χ1v) is 10.3. The lowest BCUT2D eigenvalue weighted by Crippen LogP contribution is -2.36. The predicted octanol–water partition coefficient (Wildman–Crippen LogP) is 2.96. The van der Waals surface area contributed by atoms with Crippen LogP contribution in [-0.2, 0) is 7.05 Å². The molecule has 4 rings (SSSR count). The summed E-state index contributed by atoms with van der Waals surface area (Å²) in [4.78, 5) is 30.3. The molecule has 0 aliphatic carbocycles. The van der Waals surface area contributed by atoms with Gasteiger partial charge in [0.2, 0.25) is 0 Å². The third-order valence-electron chi connectivity index (χ3n) is 5.32. The average molecular weight is 426 g/mol. The maximum atomic E-state index is 12.9. The minimum absolute atomic E-state index is 0.112. The van der Waals surface area contributed by atoms with Crippen LogP contribution in [0.25, 0.3) is 5.65 Å². The van der Waals surface area contributed by atoms with E-state index in [-0.39, 0.29) is 17.9 Å². The van der Waals surface area contributed by atoms with Crippen molar-refractivity contribution in [1.29, 1.82) is 0 Å². The summed E-state index contributed by atoms with van der Waals surface area (Å²) in [5.41, 5.74) is 1.96. The van der Waals surface area contributed by atoms with Crippen LogP contribution in [-0.4, -0.2) is 60.4 Å². The summed E-state index contributed by atoms with van der Waals surface area (Å²) in [6, 6.07) is 3.49. The van der Waals surface area contributed by atoms with Gasteiger partial charge >= 0.3 is 6.09 Å². The smallest absolute Gasteiger partial charge is 0.407 e. The van der Waals surface area contributed by atoms with Crippen LogP contribution in [0, 0.1) is 0 Å². The highest BCUT2D eigenvalue weighted by atomic mass is 16.5. The second kappa shape index (κ2) is 8.29. The number of amides is 2. The first-order valence-electron chi connectivity index (χ1n) is 10.3. The van der Waals surface area contributed by atoms with Crippen molar-refractivity contribution >= 4 is 23.5 Å². The quantitative estimate of drug-likeness (QED) is 0.648. The van der Waals surface area contributed by atoms with Gasteiger partial charge in [0, 0.05) is 56.8 Å². The number of aryl methyl sites for hydroxylation is 1. The molecule has 1 aliphatic heterocycles. The van der Waals surface area contributed by atoms with Gasteiger partial charge in [-0.25, -0.2) is 9.78 Å². The number of carboxylic acid groups (broad SMARTS) is 1. The molecule has 10 heteroatoms. The third-order valence-corrected chi connectivity index (χ3v) is 5.32. The lowest BCUT2D eigenvalue weighted by molar-refractivity contribution is 0.102. The fourth-order valence-electron chi connectivity index (χ4n) is 3.79. The van der Waals surface area contributed by atoms with E-state index >= 15 is 0 Å². The van der Waals surface area contributed by atoms with Gasteiger partial charge in [0.05, 0.1) is 17.4 Å². The SMILES string of the molecule is CC(C)Oc1cc2nc(C3CCN(C(=O)O)CC3)cn2cc1C(=O)Nc1ccn(C)n1. The maximum absolute atomic E-state index is 12.9. The number of piperidine rings is 1. The average Bonchev–Trinajstić information content (AvgIpc) is 3.32. The highest BCUT2D eigenvalue weighted by molar-refractivity contribution is 6.05. The molecule has 2 amide bonds. The molecule has 0 bridgehead atoms. The molecular weight excluding hydrogens is 400 g/mol. The van der Waals surface area contributed by atoms with Gasteiger partial charge in [0.25, 0.3) is 5.91 Å². The van der Waals surface area contributed by atoms with E-state index in [1.54, 1.807) is 36.3 Å². The molecular formula is C21H26N6O4. The number of carbonyl (C=O) groups is 2. The second-order valence-electron chi connectivity index (χ2n) is 8.02. The molecule has 0 saturated carbocycles. The van der Waals surface area contributed by atoms with Crippen molar-refractivity contribution in [2.24, 2.45) is 7.05 Å². The standard InChI is InChI=1S/C21H26N6O4/c1-13(2)31-17-10-19-22-16(14-4-8-26(9-5-14)21(29)30)12-27(19)11-15(17)20(28)23-18-6-7-25(3)24-18/h6-7,10-14H,4-5,8-9H2,1-3H3,(H,29,30)(H,23,24,28). The van der Waals surface area contributed by atoms with Crippen LogP contribution in [0.3, 0.4) is 0 Å². The Bertz CT molecular complexity index is 1110. The lowest BCUT2D eigenvalue weighted by atomic mass is 9.94. The fourth-order valence-corrected chi connectivity index (χ4v) is 3.79. The van der Waals surface area contributed by atoms with Crippen LogP contribution in [0.15, 0.2) is 30.7 Å². The molecule has 31 heavy (non-hydrogen) atoms. The number of fused-ring (bicyclic) bond motifs is 1. The number of carbonyl (C=O) groups excluding carboxylic acids is 1. The Morgan fingerprint density at radius 1 is 1.26 bits per heavy atom. The molecule has 0 radical (unpaired) electrons. The summed E-state index contributed by atoms with van der Waals surface area (Å²) < 4.78 is 9.33. The normalized spacial score (nSPS) is 14.9. The molecule has 0 aromatic carbocycles. The number of rotatable bonds is 5. The number of nitrogens with zero attached hydrogens (tertiary/aromatic N) is 5. The topological polar surface area (TPSA) is 114 Å². The van der Waals surface area contributed by atoms with Gasteiger partial charge < -0.3 is 24.5 Å². The number of imidazole rings is 1. The van der Waals surface area contributed by atoms with Crippen molar-refractivity contribution in [3.63, 3.8) is 0 Å². The Hall–Kier alpha value is -3.56. The molecule has 2 N–H and O–H groups in total. The molecule has 1 saturated heterocycles. The highest BCUT2D eigenvalue weighted by Crippen LogP contribution is 2.30. The van der Waals surface area contributed by atoms with E-state index in [2.05, 4.69) is 10.4 Å². The number of hydrogen-bond donors (Lipinski definition) is 2. The van der Waals surface area contributed by atoms with Gasteiger partial charge in [-0.15, -0.1) is 0 Å². The van der Waals surface area contributed by atoms with E-state index in [1.165, 1.54) is 4.90 Å². The van der Waals surface area contributed by atoms with E-state index < -0.39 is 6.09 Å². The van der Waals surface area contributed by atoms with Crippen LogP contribution in [0.1, 0.15) is 48.7 Å². The van der Waals surface area contributed by atoms with Crippen molar-refractivity contribution in [2.45, 2.75) is 38.7 Å². The van der Waals surface area contributed by atoms with E-state index in [4.69, 9.17) is 14.8 Å². The lowest BCUT2D eigenvalue weighted by Gasteiger charge is -2.28. The second-order valence-corrected chi connectivity index (χ2v) is 8.02. The Morgan fingerprint density at radius 3 is 2.61 bits per heavy atom. The molecule has 1 aliphatic rings. The van der Waals surface area contributed by atoms with Gasteiger partial charge in [-0.2, -0.15) is 5.10 Å². The van der Waals surface area contributed by atoms with E-state index in [0.29, 0.717) is 35.9 Å². The molecule has 0 atom stereocenters. The van der Waals surface area contributed by atoms with Crippen LogP contribution in [0.4, 0.5) is 10.6 Å². The van der Waals surface area contributed by atoms with Crippen LogP contribution in [0.2, 0.25) is 0 Å². The molecule has 164 valence electrons. The van der Waals surface area contributed by atoms with Crippen molar-refractivity contribution in [3.05, 3.63) is 42.0 Å². The Labute approximate surface area is 179 Å². The van der Waals surface area contributed by atoms with Crippen molar-refractivity contribution in [1.82, 2.24) is 24.1 Å². The summed E-state index contributed by atoms with van der Waals surface area (Å²) in [6.45, 7) is 4.79. The molecule has 10 nitrogen and oxygen atoms in total. The summed E-state index contributed by atoms with van der Waals surface area (Å²) in [5.74, 6) is 0.769. The molecule has 1 fully saturated rings. The zero-order chi connectivity index (χ0) is 22.1. The number of pyridine rings is 1. The molecule has 3 aromatic rings. The third kappa shape index (κ3) is 4.47. The fraction of sp³-hybridized carbons (Fsp3) is 0.429. The number of likely N-dealkylation sites (tertiary alicyclic amines) is 1.